The van der Waals surface area contributed by atoms with E-state index in [4.69, 9.17) is 21.1 Å². The SMILES string of the molecule is COc1nc2c(cc1C(C)=O)CC(C)(Cl)C(OC(C)C)=C2. The molecule has 0 amide bonds. The van der Waals surface area contributed by atoms with Gasteiger partial charge in [0.1, 0.15) is 10.6 Å². The summed E-state index contributed by atoms with van der Waals surface area (Å²) in [5, 5.41) is 0. The number of halogens is 1. The summed E-state index contributed by atoms with van der Waals surface area (Å²) in [6.45, 7) is 7.31. The van der Waals surface area contributed by atoms with Crippen LogP contribution in [-0.2, 0) is 11.2 Å². The lowest BCUT2D eigenvalue weighted by atomic mass is 9.90. The first kappa shape index (κ1) is 15.8. The van der Waals surface area contributed by atoms with Crippen molar-refractivity contribution in [3.05, 3.63) is 28.6 Å². The molecule has 2 rings (SSSR count). The van der Waals surface area contributed by atoms with Crippen LogP contribution in [0, 0.1) is 0 Å². The van der Waals surface area contributed by atoms with Crippen LogP contribution in [0.5, 0.6) is 5.88 Å². The van der Waals surface area contributed by atoms with Gasteiger partial charge in [-0.3, -0.25) is 4.79 Å². The molecular weight excluding hydrogens is 290 g/mol. The molecule has 0 fully saturated rings. The molecule has 0 N–H and O–H groups in total. The smallest absolute Gasteiger partial charge is 0.224 e. The Bertz CT molecular complexity index is 606. The van der Waals surface area contributed by atoms with E-state index in [0.29, 0.717) is 23.6 Å². The first-order chi connectivity index (χ1) is 9.74. The van der Waals surface area contributed by atoms with E-state index in [0.717, 1.165) is 11.3 Å². The van der Waals surface area contributed by atoms with Crippen molar-refractivity contribution in [3.63, 3.8) is 0 Å². The molecule has 114 valence electrons. The summed E-state index contributed by atoms with van der Waals surface area (Å²) in [5.41, 5.74) is 2.14. The molecule has 1 atom stereocenters. The van der Waals surface area contributed by atoms with E-state index in [9.17, 15) is 4.79 Å². The van der Waals surface area contributed by atoms with Gasteiger partial charge in [-0.05, 0) is 39.3 Å². The van der Waals surface area contributed by atoms with Gasteiger partial charge in [-0.15, -0.1) is 11.6 Å². The molecule has 1 heterocycles. The number of fused-ring (bicyclic) bond motifs is 1. The molecule has 0 saturated heterocycles. The number of pyridine rings is 1. The number of ketones is 1. The summed E-state index contributed by atoms with van der Waals surface area (Å²) < 4.78 is 11.0. The summed E-state index contributed by atoms with van der Waals surface area (Å²) in [6.07, 6.45) is 2.42. The van der Waals surface area contributed by atoms with E-state index in [1.165, 1.54) is 14.0 Å². The minimum Gasteiger partial charge on any atom is -0.493 e. The standard InChI is InChI=1S/C16H20ClNO3/c1-9(2)21-14-7-13-11(8-16(14,4)17)6-12(10(3)19)15(18-13)20-5/h6-7,9H,8H2,1-5H3. The summed E-state index contributed by atoms with van der Waals surface area (Å²) in [5.74, 6) is 0.947. The van der Waals surface area contributed by atoms with Crippen LogP contribution in [0.1, 0.15) is 49.3 Å². The van der Waals surface area contributed by atoms with Gasteiger partial charge in [0.15, 0.2) is 5.78 Å². The Morgan fingerprint density at radius 2 is 2.14 bits per heavy atom. The van der Waals surface area contributed by atoms with Crippen LogP contribution in [0.25, 0.3) is 6.08 Å². The molecule has 1 aliphatic rings. The molecule has 1 aliphatic carbocycles. The van der Waals surface area contributed by atoms with Crippen LogP contribution in [0.4, 0.5) is 0 Å². The van der Waals surface area contributed by atoms with Gasteiger partial charge < -0.3 is 9.47 Å². The summed E-state index contributed by atoms with van der Waals surface area (Å²) in [7, 11) is 1.50. The number of aromatic nitrogens is 1. The second kappa shape index (κ2) is 5.68. The molecule has 0 bridgehead atoms. The van der Waals surface area contributed by atoms with Gasteiger partial charge in [-0.2, -0.15) is 0 Å². The normalized spacial score (nSPS) is 20.8. The minimum absolute atomic E-state index is 0.0364. The summed E-state index contributed by atoms with van der Waals surface area (Å²) in [6, 6.07) is 1.81. The first-order valence-electron chi connectivity index (χ1n) is 6.91. The van der Waals surface area contributed by atoms with Crippen molar-refractivity contribution in [1.29, 1.82) is 0 Å². The monoisotopic (exact) mass is 309 g/mol. The Morgan fingerprint density at radius 3 is 2.67 bits per heavy atom. The number of allylic oxidation sites excluding steroid dienone is 1. The number of hydrogen-bond donors (Lipinski definition) is 0. The van der Waals surface area contributed by atoms with Crippen LogP contribution in [0.2, 0.25) is 0 Å². The van der Waals surface area contributed by atoms with E-state index >= 15 is 0 Å². The number of ether oxygens (including phenoxy) is 2. The number of nitrogens with zero attached hydrogens (tertiary/aromatic N) is 1. The van der Waals surface area contributed by atoms with Crippen molar-refractivity contribution in [2.45, 2.75) is 45.1 Å². The van der Waals surface area contributed by atoms with E-state index in [2.05, 4.69) is 4.98 Å². The zero-order chi connectivity index (χ0) is 15.8. The third-order valence-electron chi connectivity index (χ3n) is 3.34. The lowest BCUT2D eigenvalue weighted by Crippen LogP contribution is -2.30. The average molecular weight is 310 g/mol. The van der Waals surface area contributed by atoms with Gasteiger partial charge in [-0.1, -0.05) is 0 Å². The van der Waals surface area contributed by atoms with Gasteiger partial charge in [-0.25, -0.2) is 4.98 Å². The van der Waals surface area contributed by atoms with Gasteiger partial charge in [0.25, 0.3) is 0 Å². The number of Topliss-reactive ketones (excluding diaryl/α,β-unsaturated/α-hetero) is 1. The highest BCUT2D eigenvalue weighted by molar-refractivity contribution is 6.26. The van der Waals surface area contributed by atoms with Crippen molar-refractivity contribution in [1.82, 2.24) is 4.98 Å². The van der Waals surface area contributed by atoms with Crippen molar-refractivity contribution in [2.75, 3.05) is 7.11 Å². The fourth-order valence-corrected chi connectivity index (χ4v) is 2.60. The summed E-state index contributed by atoms with van der Waals surface area (Å²) >= 11 is 6.58. The van der Waals surface area contributed by atoms with E-state index in [1.54, 1.807) is 0 Å². The molecule has 21 heavy (non-hydrogen) atoms. The predicted molar refractivity (Wildman–Crippen MR) is 83.0 cm³/mol. The number of hydrogen-bond acceptors (Lipinski definition) is 4. The molecule has 0 spiro atoms. The molecule has 0 aliphatic heterocycles. The number of alkyl halides is 1. The Kier molecular flexibility index (Phi) is 4.28. The number of carbonyl (C=O) groups is 1. The minimum atomic E-state index is -0.637. The first-order valence-corrected chi connectivity index (χ1v) is 7.29. The van der Waals surface area contributed by atoms with Crippen molar-refractivity contribution >= 4 is 23.5 Å². The molecular formula is C16H20ClNO3. The quantitative estimate of drug-likeness (QED) is 0.629. The molecule has 0 aromatic carbocycles. The number of rotatable bonds is 4. The second-order valence-corrected chi connectivity index (χ2v) is 6.53. The zero-order valence-corrected chi connectivity index (χ0v) is 13.7. The highest BCUT2D eigenvalue weighted by Crippen LogP contribution is 2.38. The number of carbonyl (C=O) groups excluding carboxylic acids is 1. The maximum atomic E-state index is 11.7. The third kappa shape index (κ3) is 3.21. The second-order valence-electron chi connectivity index (χ2n) is 5.70. The van der Waals surface area contributed by atoms with E-state index in [-0.39, 0.29) is 11.9 Å². The van der Waals surface area contributed by atoms with Crippen LogP contribution in [0.15, 0.2) is 11.8 Å². The van der Waals surface area contributed by atoms with Crippen LogP contribution in [0.3, 0.4) is 0 Å². The van der Waals surface area contributed by atoms with Gasteiger partial charge in [0, 0.05) is 12.5 Å². The molecule has 4 nitrogen and oxygen atoms in total. The molecule has 5 heteroatoms. The van der Waals surface area contributed by atoms with Crippen LogP contribution >= 0.6 is 11.6 Å². The van der Waals surface area contributed by atoms with Gasteiger partial charge in [0.2, 0.25) is 5.88 Å². The van der Waals surface area contributed by atoms with E-state index in [1.807, 2.05) is 32.9 Å². The van der Waals surface area contributed by atoms with Crippen molar-refractivity contribution in [3.8, 4) is 5.88 Å². The molecule has 1 aromatic heterocycles. The Labute approximate surface area is 130 Å². The third-order valence-corrected chi connectivity index (χ3v) is 3.66. The van der Waals surface area contributed by atoms with Gasteiger partial charge in [0.05, 0.1) is 24.5 Å². The fraction of sp³-hybridized carbons (Fsp3) is 0.500. The predicted octanol–water partition coefficient (Wildman–Crippen LogP) is 3.61. The van der Waals surface area contributed by atoms with Crippen molar-refractivity contribution < 1.29 is 14.3 Å². The number of methoxy groups -OCH3 is 1. The van der Waals surface area contributed by atoms with Gasteiger partial charge >= 0.3 is 0 Å². The van der Waals surface area contributed by atoms with Crippen LogP contribution < -0.4 is 4.74 Å². The Balaban J connectivity index is 2.54. The maximum absolute atomic E-state index is 11.7. The molecule has 1 aromatic rings. The lowest BCUT2D eigenvalue weighted by Gasteiger charge is -2.31. The summed E-state index contributed by atoms with van der Waals surface area (Å²) in [4.78, 5) is 15.5. The lowest BCUT2D eigenvalue weighted by molar-refractivity contribution is 0.101. The Hall–Kier alpha value is -1.55. The fourth-order valence-electron chi connectivity index (χ4n) is 2.36. The van der Waals surface area contributed by atoms with Crippen molar-refractivity contribution in [2.24, 2.45) is 0 Å². The average Bonchev–Trinajstić information content (AvgIpc) is 2.37. The topological polar surface area (TPSA) is 48.4 Å². The molecule has 1 unspecified atom stereocenters. The van der Waals surface area contributed by atoms with Crippen LogP contribution in [-0.4, -0.2) is 28.9 Å². The highest BCUT2D eigenvalue weighted by atomic mass is 35.5. The maximum Gasteiger partial charge on any atom is 0.224 e. The largest absolute Gasteiger partial charge is 0.493 e. The van der Waals surface area contributed by atoms with E-state index < -0.39 is 4.87 Å². The zero-order valence-electron chi connectivity index (χ0n) is 13.0. The Morgan fingerprint density at radius 1 is 1.48 bits per heavy atom. The highest BCUT2D eigenvalue weighted by Gasteiger charge is 2.35. The molecule has 0 radical (unpaired) electrons. The molecule has 0 saturated carbocycles.